The van der Waals surface area contributed by atoms with Gasteiger partial charge in [0, 0.05) is 25.0 Å². The van der Waals surface area contributed by atoms with Gasteiger partial charge in [-0.15, -0.1) is 0 Å². The van der Waals surface area contributed by atoms with Crippen molar-refractivity contribution in [3.05, 3.63) is 24.6 Å². The number of hydrogen-bond donors (Lipinski definition) is 0. The first-order chi connectivity index (χ1) is 9.29. The van der Waals surface area contributed by atoms with Gasteiger partial charge in [0.2, 0.25) is 0 Å². The third-order valence-corrected chi connectivity index (χ3v) is 4.46. The van der Waals surface area contributed by atoms with Crippen molar-refractivity contribution in [1.29, 1.82) is 0 Å². The third-order valence-electron chi connectivity index (χ3n) is 4.46. The Hall–Kier alpha value is -0.760. The normalized spacial score (nSPS) is 22.3. The summed E-state index contributed by atoms with van der Waals surface area (Å²) in [5.74, 6) is 0.919. The molecule has 0 amide bonds. The van der Waals surface area contributed by atoms with Gasteiger partial charge in [0.15, 0.2) is 0 Å². The fraction of sp³-hybridized carbons (Fsp3) is 0.765. The molecule has 0 radical (unpaired) electrons. The Bertz CT molecular complexity index is 286. The van der Waals surface area contributed by atoms with Crippen LogP contribution in [0.5, 0.6) is 0 Å². The minimum absolute atomic E-state index is 0.541. The van der Waals surface area contributed by atoms with Crippen molar-refractivity contribution in [2.24, 2.45) is 5.92 Å². The van der Waals surface area contributed by atoms with E-state index in [2.05, 4.69) is 48.2 Å². The first-order valence-corrected chi connectivity index (χ1v) is 8.16. The van der Waals surface area contributed by atoms with Gasteiger partial charge >= 0.3 is 0 Å². The minimum Gasteiger partial charge on any atom is -0.355 e. The smallest absolute Gasteiger partial charge is 0.0495 e. The fourth-order valence-electron chi connectivity index (χ4n) is 2.95. The summed E-state index contributed by atoms with van der Waals surface area (Å²) in [6.07, 6.45) is 17.4. The van der Waals surface area contributed by atoms with Gasteiger partial charge in [0.25, 0.3) is 0 Å². The van der Waals surface area contributed by atoms with Crippen LogP contribution in [0.2, 0.25) is 0 Å². The summed E-state index contributed by atoms with van der Waals surface area (Å²) in [5.41, 5.74) is 0. The highest BCUT2D eigenvalue weighted by Crippen LogP contribution is 2.20. The molecule has 0 saturated carbocycles. The largest absolute Gasteiger partial charge is 0.355 e. The van der Waals surface area contributed by atoms with Crippen LogP contribution in [0.15, 0.2) is 24.6 Å². The lowest BCUT2D eigenvalue weighted by molar-refractivity contribution is 0.178. The molecule has 2 aliphatic heterocycles. The first kappa shape index (κ1) is 14.6. The minimum atomic E-state index is 0.541. The van der Waals surface area contributed by atoms with Gasteiger partial charge in [0.05, 0.1) is 0 Å². The van der Waals surface area contributed by atoms with Crippen molar-refractivity contribution in [2.45, 2.75) is 58.4 Å². The number of nitrogens with zero attached hydrogens (tertiary/aromatic N) is 2. The number of unbranched alkanes of at least 4 members (excludes halogenated alkanes) is 3. The second-order valence-electron chi connectivity index (χ2n) is 6.19. The van der Waals surface area contributed by atoms with E-state index in [1.54, 1.807) is 0 Å². The molecule has 0 aromatic heterocycles. The van der Waals surface area contributed by atoms with Gasteiger partial charge < -0.3 is 4.90 Å². The molecule has 0 aromatic carbocycles. The standard InChI is InChI=1S/C17H30N2/c1-3-4-5-6-11-18-12-9-17(10-13-18)19-14-7-16(2)8-15-19/h9-10,12-13,16-17H,3-8,11,14-15H2,1-2H3. The van der Waals surface area contributed by atoms with Crippen LogP contribution in [-0.2, 0) is 0 Å². The summed E-state index contributed by atoms with van der Waals surface area (Å²) in [6, 6.07) is 0.541. The molecule has 1 fully saturated rings. The highest BCUT2D eigenvalue weighted by molar-refractivity contribution is 5.13. The van der Waals surface area contributed by atoms with E-state index in [1.807, 2.05) is 0 Å². The van der Waals surface area contributed by atoms with E-state index in [9.17, 15) is 0 Å². The van der Waals surface area contributed by atoms with Gasteiger partial charge in [-0.05, 0) is 50.4 Å². The van der Waals surface area contributed by atoms with Crippen LogP contribution in [0.4, 0.5) is 0 Å². The number of rotatable bonds is 6. The van der Waals surface area contributed by atoms with Gasteiger partial charge in [0.1, 0.15) is 0 Å². The zero-order valence-corrected chi connectivity index (χ0v) is 12.7. The highest BCUT2D eigenvalue weighted by Gasteiger charge is 2.21. The average Bonchev–Trinajstić information content (AvgIpc) is 2.45. The summed E-state index contributed by atoms with van der Waals surface area (Å²) < 4.78 is 0. The molecule has 0 atom stereocenters. The molecule has 2 heterocycles. The molecule has 108 valence electrons. The van der Waals surface area contributed by atoms with Gasteiger partial charge in [-0.25, -0.2) is 0 Å². The molecule has 2 aliphatic rings. The Morgan fingerprint density at radius 3 is 2.32 bits per heavy atom. The molecule has 0 N–H and O–H groups in total. The molecule has 0 spiro atoms. The van der Waals surface area contributed by atoms with Crippen molar-refractivity contribution >= 4 is 0 Å². The number of piperidine rings is 1. The van der Waals surface area contributed by atoms with Crippen LogP contribution in [0, 0.1) is 5.92 Å². The second kappa shape index (κ2) is 7.74. The SMILES string of the molecule is CCCCCCN1C=CC(N2CCC(C)CC2)C=C1. The molecule has 2 heteroatoms. The predicted molar refractivity (Wildman–Crippen MR) is 82.9 cm³/mol. The predicted octanol–water partition coefficient (Wildman–Crippen LogP) is 4.01. The molecule has 0 bridgehead atoms. The van der Waals surface area contributed by atoms with Crippen molar-refractivity contribution in [2.75, 3.05) is 19.6 Å². The Morgan fingerprint density at radius 1 is 1.00 bits per heavy atom. The van der Waals surface area contributed by atoms with Crippen LogP contribution in [0.25, 0.3) is 0 Å². The lowest BCUT2D eigenvalue weighted by atomic mass is 9.97. The molecule has 2 rings (SSSR count). The molecular weight excluding hydrogens is 232 g/mol. The average molecular weight is 262 g/mol. The first-order valence-electron chi connectivity index (χ1n) is 8.16. The van der Waals surface area contributed by atoms with E-state index >= 15 is 0 Å². The maximum atomic E-state index is 2.61. The number of likely N-dealkylation sites (tertiary alicyclic amines) is 1. The summed E-state index contributed by atoms with van der Waals surface area (Å²) in [5, 5.41) is 0. The summed E-state index contributed by atoms with van der Waals surface area (Å²) in [4.78, 5) is 4.96. The van der Waals surface area contributed by atoms with Crippen molar-refractivity contribution in [1.82, 2.24) is 9.80 Å². The van der Waals surface area contributed by atoms with Crippen LogP contribution in [0.3, 0.4) is 0 Å². The third kappa shape index (κ3) is 4.68. The highest BCUT2D eigenvalue weighted by atomic mass is 15.2. The van der Waals surface area contributed by atoms with E-state index in [4.69, 9.17) is 0 Å². The van der Waals surface area contributed by atoms with Crippen LogP contribution in [0.1, 0.15) is 52.4 Å². The van der Waals surface area contributed by atoms with Crippen LogP contribution >= 0.6 is 0 Å². The van der Waals surface area contributed by atoms with E-state index in [0.29, 0.717) is 6.04 Å². The van der Waals surface area contributed by atoms with Gasteiger partial charge in [-0.2, -0.15) is 0 Å². The van der Waals surface area contributed by atoms with Gasteiger partial charge in [-0.3, -0.25) is 4.90 Å². The second-order valence-corrected chi connectivity index (χ2v) is 6.19. The van der Waals surface area contributed by atoms with Crippen molar-refractivity contribution in [3.8, 4) is 0 Å². The van der Waals surface area contributed by atoms with Crippen LogP contribution < -0.4 is 0 Å². The van der Waals surface area contributed by atoms with E-state index in [0.717, 1.165) is 5.92 Å². The molecule has 0 aliphatic carbocycles. The Morgan fingerprint density at radius 2 is 1.68 bits per heavy atom. The zero-order chi connectivity index (χ0) is 13.5. The van der Waals surface area contributed by atoms with E-state index in [1.165, 1.54) is 58.2 Å². The molecule has 1 saturated heterocycles. The number of hydrogen-bond acceptors (Lipinski definition) is 2. The lowest BCUT2D eigenvalue weighted by Gasteiger charge is -2.35. The quantitative estimate of drug-likeness (QED) is 0.667. The van der Waals surface area contributed by atoms with E-state index in [-0.39, 0.29) is 0 Å². The summed E-state index contributed by atoms with van der Waals surface area (Å²) in [7, 11) is 0. The zero-order valence-electron chi connectivity index (χ0n) is 12.7. The molecule has 19 heavy (non-hydrogen) atoms. The molecule has 0 unspecified atom stereocenters. The van der Waals surface area contributed by atoms with Crippen molar-refractivity contribution in [3.63, 3.8) is 0 Å². The lowest BCUT2D eigenvalue weighted by Crippen LogP contribution is -2.40. The fourth-order valence-corrected chi connectivity index (χ4v) is 2.95. The molecule has 2 nitrogen and oxygen atoms in total. The summed E-state index contributed by atoms with van der Waals surface area (Å²) >= 11 is 0. The topological polar surface area (TPSA) is 6.48 Å². The monoisotopic (exact) mass is 262 g/mol. The maximum Gasteiger partial charge on any atom is 0.0495 e. The van der Waals surface area contributed by atoms with Crippen molar-refractivity contribution < 1.29 is 0 Å². The van der Waals surface area contributed by atoms with E-state index < -0.39 is 0 Å². The van der Waals surface area contributed by atoms with Gasteiger partial charge in [-0.1, -0.05) is 33.1 Å². The summed E-state index contributed by atoms with van der Waals surface area (Å²) in [6.45, 7) is 8.34. The Labute approximate surface area is 119 Å². The Kier molecular flexibility index (Phi) is 5.96. The van der Waals surface area contributed by atoms with Crippen LogP contribution in [-0.4, -0.2) is 35.5 Å². The maximum absolute atomic E-state index is 2.61. The molecular formula is C17H30N2. The Balaban J connectivity index is 1.69. The molecule has 0 aromatic rings.